The SMILES string of the molecule is CC.CC.CC1(C)C=c2c(n(-c3ccc(-c4cccc(-c5ccccc5)c4)cc3)c3ccc(-c4ccc5c(c4)c4ccccc4n5-c4cccc(-c5ccccc5)c4)cc23)=C1. The van der Waals surface area contributed by atoms with E-state index >= 15 is 0 Å². The Balaban J connectivity index is 0.00000116. The molecule has 0 saturated carbocycles. The molecule has 10 aromatic rings. The van der Waals surface area contributed by atoms with E-state index in [2.05, 4.69) is 229 Å². The summed E-state index contributed by atoms with van der Waals surface area (Å²) in [6.45, 7) is 12.6. The molecule has 0 aliphatic heterocycles. The van der Waals surface area contributed by atoms with Gasteiger partial charge in [0.1, 0.15) is 0 Å². The topological polar surface area (TPSA) is 9.86 Å². The Morgan fingerprint density at radius 3 is 1.41 bits per heavy atom. The number of benzene rings is 8. The monoisotopic (exact) mass is 788 g/mol. The van der Waals surface area contributed by atoms with Crippen LogP contribution in [-0.2, 0) is 0 Å². The van der Waals surface area contributed by atoms with Crippen molar-refractivity contribution in [2.24, 2.45) is 5.41 Å². The van der Waals surface area contributed by atoms with Crippen molar-refractivity contribution in [2.75, 3.05) is 0 Å². The van der Waals surface area contributed by atoms with Crippen LogP contribution in [0, 0.1) is 5.41 Å². The zero-order valence-corrected chi connectivity index (χ0v) is 36.0. The van der Waals surface area contributed by atoms with Crippen molar-refractivity contribution in [3.8, 4) is 55.9 Å². The van der Waals surface area contributed by atoms with Crippen LogP contribution in [0.4, 0.5) is 0 Å². The summed E-state index contributed by atoms with van der Waals surface area (Å²) in [6, 6.07) is 70.8. The van der Waals surface area contributed by atoms with Crippen molar-refractivity contribution in [3.05, 3.63) is 205 Å². The van der Waals surface area contributed by atoms with Crippen molar-refractivity contribution < 1.29 is 0 Å². The maximum atomic E-state index is 2.45. The van der Waals surface area contributed by atoms with Crippen molar-refractivity contribution in [1.29, 1.82) is 0 Å². The Kier molecular flexibility index (Phi) is 10.6. The van der Waals surface area contributed by atoms with Gasteiger partial charge in [-0.05, 0) is 105 Å². The molecule has 2 heteroatoms. The summed E-state index contributed by atoms with van der Waals surface area (Å²) in [7, 11) is 0. The van der Waals surface area contributed by atoms with Gasteiger partial charge in [-0.3, -0.25) is 0 Å². The van der Waals surface area contributed by atoms with Crippen LogP contribution in [0.5, 0.6) is 0 Å². The molecular formula is C59H52N2. The lowest BCUT2D eigenvalue weighted by molar-refractivity contribution is 0.722. The third kappa shape index (κ3) is 7.19. The lowest BCUT2D eigenvalue weighted by atomic mass is 9.95. The van der Waals surface area contributed by atoms with Gasteiger partial charge in [-0.2, -0.15) is 0 Å². The molecule has 11 rings (SSSR count). The second-order valence-corrected chi connectivity index (χ2v) is 16.0. The first kappa shape index (κ1) is 39.3. The van der Waals surface area contributed by atoms with E-state index in [0.717, 1.165) is 5.69 Å². The van der Waals surface area contributed by atoms with E-state index in [-0.39, 0.29) is 5.41 Å². The summed E-state index contributed by atoms with van der Waals surface area (Å²) in [6.07, 6.45) is 4.86. The molecule has 0 N–H and O–H groups in total. The molecule has 1 aliphatic rings. The highest BCUT2D eigenvalue weighted by atomic mass is 15.0. The van der Waals surface area contributed by atoms with Crippen molar-refractivity contribution in [2.45, 2.75) is 41.5 Å². The summed E-state index contributed by atoms with van der Waals surface area (Å²) in [5.41, 5.74) is 15.7. The van der Waals surface area contributed by atoms with Crippen molar-refractivity contribution in [1.82, 2.24) is 9.13 Å². The van der Waals surface area contributed by atoms with E-state index in [1.54, 1.807) is 0 Å². The molecule has 8 aromatic carbocycles. The first-order valence-corrected chi connectivity index (χ1v) is 21.8. The van der Waals surface area contributed by atoms with Crippen molar-refractivity contribution in [3.63, 3.8) is 0 Å². The van der Waals surface area contributed by atoms with Gasteiger partial charge in [-0.25, -0.2) is 0 Å². The quantitative estimate of drug-likeness (QED) is 0.159. The lowest BCUT2D eigenvalue weighted by Crippen LogP contribution is -2.25. The maximum absolute atomic E-state index is 2.45. The average molecular weight is 789 g/mol. The van der Waals surface area contributed by atoms with Gasteiger partial charge in [0.2, 0.25) is 0 Å². The van der Waals surface area contributed by atoms with E-state index in [0.29, 0.717) is 0 Å². The Bertz CT molecular complexity index is 3290. The molecule has 0 atom stereocenters. The van der Waals surface area contributed by atoms with Crippen molar-refractivity contribution >= 4 is 44.9 Å². The third-order valence-corrected chi connectivity index (χ3v) is 11.7. The molecule has 0 fully saturated rings. The fourth-order valence-corrected chi connectivity index (χ4v) is 9.05. The number of fused-ring (bicyclic) bond motifs is 6. The van der Waals surface area contributed by atoms with Gasteiger partial charge in [0.25, 0.3) is 0 Å². The molecule has 0 amide bonds. The molecule has 2 aromatic heterocycles. The molecule has 2 nitrogen and oxygen atoms in total. The second-order valence-electron chi connectivity index (χ2n) is 16.0. The molecule has 2 heterocycles. The highest BCUT2D eigenvalue weighted by molar-refractivity contribution is 6.10. The van der Waals surface area contributed by atoms with Gasteiger partial charge in [0.15, 0.2) is 0 Å². The van der Waals surface area contributed by atoms with E-state index in [4.69, 9.17) is 0 Å². The number of hydrogen-bond donors (Lipinski definition) is 0. The first-order valence-electron chi connectivity index (χ1n) is 21.8. The highest BCUT2D eigenvalue weighted by Crippen LogP contribution is 2.37. The first-order chi connectivity index (χ1) is 30.0. The largest absolute Gasteiger partial charge is 0.310 e. The van der Waals surface area contributed by atoms with Gasteiger partial charge in [0.05, 0.1) is 21.9 Å². The molecule has 1 aliphatic carbocycles. The number of aromatic nitrogens is 2. The number of hydrogen-bond acceptors (Lipinski definition) is 0. The smallest absolute Gasteiger partial charge is 0.0541 e. The van der Waals surface area contributed by atoms with Gasteiger partial charge in [-0.1, -0.05) is 187 Å². The number of rotatable bonds is 6. The maximum Gasteiger partial charge on any atom is 0.0541 e. The Morgan fingerprint density at radius 2 is 0.770 bits per heavy atom. The van der Waals surface area contributed by atoms with Crippen LogP contribution in [0.1, 0.15) is 41.5 Å². The molecule has 298 valence electrons. The minimum absolute atomic E-state index is 0.0347. The minimum Gasteiger partial charge on any atom is -0.310 e. The molecule has 0 saturated heterocycles. The number of para-hydroxylation sites is 1. The van der Waals surface area contributed by atoms with E-state index < -0.39 is 0 Å². The van der Waals surface area contributed by atoms with Gasteiger partial charge in [0, 0.05) is 38.2 Å². The molecule has 61 heavy (non-hydrogen) atoms. The Hall–Kier alpha value is -7.16. The zero-order chi connectivity index (χ0) is 42.1. The third-order valence-electron chi connectivity index (χ3n) is 11.7. The fourth-order valence-electron chi connectivity index (χ4n) is 9.05. The molecule has 0 unspecified atom stereocenters. The molecular weight excluding hydrogens is 737 g/mol. The summed E-state index contributed by atoms with van der Waals surface area (Å²) in [5.74, 6) is 0. The minimum atomic E-state index is -0.0347. The normalized spacial score (nSPS) is 12.5. The van der Waals surface area contributed by atoms with Crippen LogP contribution < -0.4 is 10.6 Å². The molecule has 0 bridgehead atoms. The van der Waals surface area contributed by atoms with E-state index in [9.17, 15) is 0 Å². The standard InChI is InChI=1S/C55H40N2.2C2H6/c1-55(2)35-50-49-34-44(26-30-53(49)56(54(50)36-55)45-27-23-39(24-28-45)41-18-11-17-40(31-41)37-13-5-3-6-14-37)43-25-29-52-48(33-43)47-21-9-10-22-51(47)57(52)46-20-12-19-42(32-46)38-15-7-4-8-16-38;2*1-2/h3-36H,1-2H3;2*1-2H3. The number of nitrogens with zero attached hydrogens (tertiary/aromatic N) is 2. The molecule has 0 radical (unpaired) electrons. The highest BCUT2D eigenvalue weighted by Gasteiger charge is 2.22. The van der Waals surface area contributed by atoms with Gasteiger partial charge < -0.3 is 9.13 Å². The second kappa shape index (κ2) is 16.5. The van der Waals surface area contributed by atoms with E-state index in [1.165, 1.54) is 93.5 Å². The van der Waals surface area contributed by atoms with Crippen LogP contribution in [0.2, 0.25) is 0 Å². The summed E-state index contributed by atoms with van der Waals surface area (Å²) < 4.78 is 4.86. The van der Waals surface area contributed by atoms with Crippen LogP contribution in [0.15, 0.2) is 194 Å². The van der Waals surface area contributed by atoms with Gasteiger partial charge in [-0.15, -0.1) is 0 Å². The zero-order valence-electron chi connectivity index (χ0n) is 36.0. The predicted molar refractivity (Wildman–Crippen MR) is 264 cm³/mol. The van der Waals surface area contributed by atoms with Crippen LogP contribution in [0.25, 0.3) is 101 Å². The fraction of sp³-hybridized carbons (Fsp3) is 0.119. The molecule has 0 spiro atoms. The Labute approximate surface area is 360 Å². The van der Waals surface area contributed by atoms with Crippen LogP contribution >= 0.6 is 0 Å². The van der Waals surface area contributed by atoms with Crippen LogP contribution in [0.3, 0.4) is 0 Å². The summed E-state index contributed by atoms with van der Waals surface area (Å²) >= 11 is 0. The Morgan fingerprint density at radius 1 is 0.311 bits per heavy atom. The van der Waals surface area contributed by atoms with Crippen LogP contribution in [-0.4, -0.2) is 9.13 Å². The predicted octanol–water partition coefficient (Wildman–Crippen LogP) is 15.0. The summed E-state index contributed by atoms with van der Waals surface area (Å²) in [4.78, 5) is 0. The van der Waals surface area contributed by atoms with Gasteiger partial charge >= 0.3 is 0 Å². The average Bonchev–Trinajstić information content (AvgIpc) is 3.94. The lowest BCUT2D eigenvalue weighted by Gasteiger charge is -2.13. The summed E-state index contributed by atoms with van der Waals surface area (Å²) in [5, 5.41) is 6.37. The van der Waals surface area contributed by atoms with E-state index in [1.807, 2.05) is 27.7 Å².